The molecule has 0 saturated carbocycles. The van der Waals surface area contributed by atoms with E-state index < -0.39 is 10.0 Å². The lowest BCUT2D eigenvalue weighted by molar-refractivity contribution is 0.0902. The smallest absolute Gasteiger partial charge is 0.245 e. The van der Waals surface area contributed by atoms with E-state index in [9.17, 15) is 8.42 Å². The van der Waals surface area contributed by atoms with Crippen molar-refractivity contribution in [1.82, 2.24) is 4.72 Å². The number of nitrogens with two attached hydrogens (primary N) is 1. The van der Waals surface area contributed by atoms with Gasteiger partial charge in [0.15, 0.2) is 4.67 Å². The molecule has 6 nitrogen and oxygen atoms in total. The summed E-state index contributed by atoms with van der Waals surface area (Å²) in [6, 6.07) is 1.14. The summed E-state index contributed by atoms with van der Waals surface area (Å²) in [5.41, 5.74) is 5.43. The zero-order chi connectivity index (χ0) is 14.0. The van der Waals surface area contributed by atoms with Crippen LogP contribution in [-0.4, -0.2) is 27.2 Å². The maximum atomic E-state index is 12.3. The molecule has 2 rings (SSSR count). The van der Waals surface area contributed by atoms with Crippen molar-refractivity contribution in [2.24, 2.45) is 5.73 Å². The first-order valence-electron chi connectivity index (χ1n) is 6.06. The van der Waals surface area contributed by atoms with E-state index in [2.05, 4.69) is 20.7 Å². The van der Waals surface area contributed by atoms with Crippen LogP contribution in [0.1, 0.15) is 25.5 Å². The Labute approximate surface area is 120 Å². The minimum absolute atomic E-state index is 0.0674. The molecule has 0 aliphatic carbocycles. The molecule has 108 valence electrons. The summed E-state index contributed by atoms with van der Waals surface area (Å²) in [5.74, 6) is 0.414. The Balaban J connectivity index is 2.14. The SMILES string of the molecule is CC(NS(=O)(=O)c1cc(CN)oc1Br)C1CCCO1. The van der Waals surface area contributed by atoms with Crippen molar-refractivity contribution in [2.75, 3.05) is 6.61 Å². The highest BCUT2D eigenvalue weighted by molar-refractivity contribution is 9.10. The topological polar surface area (TPSA) is 94.6 Å². The van der Waals surface area contributed by atoms with Gasteiger partial charge in [-0.25, -0.2) is 13.1 Å². The van der Waals surface area contributed by atoms with E-state index in [-0.39, 0.29) is 28.3 Å². The molecular formula is C11H17BrN2O4S. The molecule has 3 N–H and O–H groups in total. The molecule has 1 aliphatic heterocycles. The van der Waals surface area contributed by atoms with Crippen LogP contribution in [0.4, 0.5) is 0 Å². The summed E-state index contributed by atoms with van der Waals surface area (Å²) < 4.78 is 37.9. The number of hydrogen-bond donors (Lipinski definition) is 2. The fraction of sp³-hybridized carbons (Fsp3) is 0.636. The van der Waals surface area contributed by atoms with Gasteiger partial charge in [-0.2, -0.15) is 0 Å². The summed E-state index contributed by atoms with van der Waals surface area (Å²) in [7, 11) is -3.64. The first kappa shape index (κ1) is 15.0. The van der Waals surface area contributed by atoms with E-state index >= 15 is 0 Å². The Morgan fingerprint density at radius 1 is 1.63 bits per heavy atom. The normalized spacial score (nSPS) is 21.7. The van der Waals surface area contributed by atoms with Crippen molar-refractivity contribution in [3.8, 4) is 0 Å². The maximum absolute atomic E-state index is 12.3. The highest BCUT2D eigenvalue weighted by Crippen LogP contribution is 2.26. The predicted molar refractivity (Wildman–Crippen MR) is 73.1 cm³/mol. The van der Waals surface area contributed by atoms with E-state index in [1.54, 1.807) is 6.92 Å². The van der Waals surface area contributed by atoms with Crippen molar-refractivity contribution >= 4 is 26.0 Å². The Hall–Kier alpha value is -0.410. The van der Waals surface area contributed by atoms with Gasteiger partial charge in [-0.15, -0.1) is 0 Å². The van der Waals surface area contributed by atoms with Crippen molar-refractivity contribution in [1.29, 1.82) is 0 Å². The third-order valence-electron chi connectivity index (χ3n) is 3.06. The molecule has 2 unspecified atom stereocenters. The molecule has 1 aromatic heterocycles. The van der Waals surface area contributed by atoms with Gasteiger partial charge in [-0.1, -0.05) is 0 Å². The summed E-state index contributed by atoms with van der Waals surface area (Å²) in [6.45, 7) is 2.63. The van der Waals surface area contributed by atoms with E-state index in [4.69, 9.17) is 14.9 Å². The second kappa shape index (κ2) is 5.92. The zero-order valence-electron chi connectivity index (χ0n) is 10.6. The summed E-state index contributed by atoms with van der Waals surface area (Å²) in [6.07, 6.45) is 1.75. The average molecular weight is 353 g/mol. The molecule has 1 aliphatic rings. The van der Waals surface area contributed by atoms with Crippen LogP contribution in [0.15, 0.2) is 20.0 Å². The fourth-order valence-electron chi connectivity index (χ4n) is 2.06. The number of rotatable bonds is 5. The number of ether oxygens (including phenoxy) is 1. The number of nitrogens with one attached hydrogen (secondary N) is 1. The summed E-state index contributed by atoms with van der Waals surface area (Å²) in [5, 5.41) is 0. The first-order valence-corrected chi connectivity index (χ1v) is 8.34. The van der Waals surface area contributed by atoms with Gasteiger partial charge in [0, 0.05) is 18.7 Å². The summed E-state index contributed by atoms with van der Waals surface area (Å²) in [4.78, 5) is 0.0674. The van der Waals surface area contributed by atoms with Gasteiger partial charge in [0.25, 0.3) is 0 Å². The van der Waals surface area contributed by atoms with E-state index in [1.165, 1.54) is 6.07 Å². The van der Waals surface area contributed by atoms with Gasteiger partial charge in [0.2, 0.25) is 10.0 Å². The lowest BCUT2D eigenvalue weighted by atomic mass is 10.1. The number of sulfonamides is 1. The largest absolute Gasteiger partial charge is 0.452 e. The summed E-state index contributed by atoms with van der Waals surface area (Å²) >= 11 is 3.09. The van der Waals surface area contributed by atoms with E-state index in [1.807, 2.05) is 0 Å². The quantitative estimate of drug-likeness (QED) is 0.833. The third-order valence-corrected chi connectivity index (χ3v) is 5.48. The van der Waals surface area contributed by atoms with Crippen molar-refractivity contribution in [3.63, 3.8) is 0 Å². The van der Waals surface area contributed by atoms with Crippen molar-refractivity contribution in [3.05, 3.63) is 16.5 Å². The molecule has 1 saturated heterocycles. The third kappa shape index (κ3) is 3.38. The maximum Gasteiger partial charge on any atom is 0.245 e. The lowest BCUT2D eigenvalue weighted by Crippen LogP contribution is -2.40. The molecule has 0 radical (unpaired) electrons. The standard InChI is InChI=1S/C11H17BrN2O4S/c1-7(9-3-2-4-17-9)14-19(15,16)10-5-8(6-13)18-11(10)12/h5,7,9,14H,2-4,6,13H2,1H3. The second-order valence-corrected chi connectivity index (χ2v) is 6.92. The molecule has 1 aromatic rings. The molecule has 2 heterocycles. The van der Waals surface area contributed by atoms with Crippen LogP contribution in [0.2, 0.25) is 0 Å². The van der Waals surface area contributed by atoms with Crippen LogP contribution < -0.4 is 10.5 Å². The molecule has 0 aromatic carbocycles. The molecule has 1 fully saturated rings. The van der Waals surface area contributed by atoms with Crippen LogP contribution in [0.3, 0.4) is 0 Å². The Morgan fingerprint density at radius 3 is 2.89 bits per heavy atom. The van der Waals surface area contributed by atoms with E-state index in [0.29, 0.717) is 12.4 Å². The molecule has 0 spiro atoms. The van der Waals surface area contributed by atoms with Crippen LogP contribution >= 0.6 is 15.9 Å². The minimum Gasteiger partial charge on any atom is -0.452 e. The highest BCUT2D eigenvalue weighted by atomic mass is 79.9. The fourth-order valence-corrected chi connectivity index (χ4v) is 4.33. The van der Waals surface area contributed by atoms with Gasteiger partial charge in [-0.05, 0) is 35.7 Å². The van der Waals surface area contributed by atoms with Gasteiger partial charge in [0.1, 0.15) is 10.7 Å². The van der Waals surface area contributed by atoms with Gasteiger partial charge >= 0.3 is 0 Å². The van der Waals surface area contributed by atoms with Crippen molar-refractivity contribution in [2.45, 2.75) is 43.4 Å². The monoisotopic (exact) mass is 352 g/mol. The zero-order valence-corrected chi connectivity index (χ0v) is 13.0. The van der Waals surface area contributed by atoms with Crippen LogP contribution in [0.25, 0.3) is 0 Å². The first-order chi connectivity index (χ1) is 8.94. The Bertz CT molecular complexity index is 537. The van der Waals surface area contributed by atoms with Crippen molar-refractivity contribution < 1.29 is 17.6 Å². The second-order valence-electron chi connectivity index (χ2n) is 4.52. The van der Waals surface area contributed by atoms with Gasteiger partial charge in [-0.3, -0.25) is 0 Å². The van der Waals surface area contributed by atoms with Crippen LogP contribution in [0, 0.1) is 0 Å². The molecule has 0 amide bonds. The van der Waals surface area contributed by atoms with Crippen LogP contribution in [-0.2, 0) is 21.3 Å². The molecular weight excluding hydrogens is 336 g/mol. The lowest BCUT2D eigenvalue weighted by Gasteiger charge is -2.19. The van der Waals surface area contributed by atoms with Gasteiger partial charge in [0.05, 0.1) is 12.6 Å². The number of hydrogen-bond acceptors (Lipinski definition) is 5. The number of furan rings is 1. The number of halogens is 1. The Kier molecular flexibility index (Phi) is 4.67. The predicted octanol–water partition coefficient (Wildman–Crippen LogP) is 1.35. The average Bonchev–Trinajstić information content (AvgIpc) is 2.96. The molecule has 8 heteroatoms. The van der Waals surface area contributed by atoms with Gasteiger partial charge < -0.3 is 14.9 Å². The molecule has 2 atom stereocenters. The minimum atomic E-state index is -3.64. The van der Waals surface area contributed by atoms with E-state index in [0.717, 1.165) is 12.8 Å². The Morgan fingerprint density at radius 2 is 2.37 bits per heavy atom. The van der Waals surface area contributed by atoms with Crippen LogP contribution in [0.5, 0.6) is 0 Å². The molecule has 19 heavy (non-hydrogen) atoms. The highest BCUT2D eigenvalue weighted by Gasteiger charge is 2.29. The molecule has 0 bridgehead atoms.